The first kappa shape index (κ1) is 13.9. The number of nitrogens with two attached hydrogens (primary N) is 1. The lowest BCUT2D eigenvalue weighted by Gasteiger charge is -2.15. The van der Waals surface area contributed by atoms with Gasteiger partial charge in [-0.1, -0.05) is 0 Å². The van der Waals surface area contributed by atoms with Crippen LogP contribution < -0.4 is 10.5 Å². The van der Waals surface area contributed by atoms with E-state index in [9.17, 15) is 0 Å². The summed E-state index contributed by atoms with van der Waals surface area (Å²) in [6.45, 7) is 4.20. The zero-order chi connectivity index (χ0) is 13.7. The third kappa shape index (κ3) is 3.28. The summed E-state index contributed by atoms with van der Waals surface area (Å²) >= 11 is 0. The Morgan fingerprint density at radius 3 is 2.84 bits per heavy atom. The Morgan fingerprint density at radius 1 is 1.32 bits per heavy atom. The van der Waals surface area contributed by atoms with Crippen molar-refractivity contribution < 1.29 is 9.47 Å². The average molecular weight is 262 g/mol. The maximum Gasteiger partial charge on any atom is 0.119 e. The van der Waals surface area contributed by atoms with Gasteiger partial charge in [-0.15, -0.1) is 0 Å². The first-order valence-electron chi connectivity index (χ1n) is 6.73. The third-order valence-corrected chi connectivity index (χ3v) is 3.34. The standard InChI is InChI=1S/C15H22N2O2/c1-3-19-14(11-16)7-9-17-8-6-12-10-13(18-2)4-5-15(12)17/h4-6,8,10,14H,3,7,9,11,16H2,1-2H3. The van der Waals surface area contributed by atoms with E-state index in [1.165, 1.54) is 10.9 Å². The van der Waals surface area contributed by atoms with E-state index in [0.29, 0.717) is 13.2 Å². The number of ether oxygens (including phenoxy) is 2. The number of hydrogen-bond acceptors (Lipinski definition) is 3. The van der Waals surface area contributed by atoms with Crippen LogP contribution in [0.15, 0.2) is 30.5 Å². The van der Waals surface area contributed by atoms with E-state index in [1.54, 1.807) is 7.11 Å². The third-order valence-electron chi connectivity index (χ3n) is 3.34. The number of fused-ring (bicyclic) bond motifs is 1. The van der Waals surface area contributed by atoms with Gasteiger partial charge in [-0.3, -0.25) is 0 Å². The summed E-state index contributed by atoms with van der Waals surface area (Å²) in [6.07, 6.45) is 3.17. The molecule has 0 amide bonds. The van der Waals surface area contributed by atoms with Gasteiger partial charge in [-0.25, -0.2) is 0 Å². The molecular formula is C15H22N2O2. The van der Waals surface area contributed by atoms with Crippen LogP contribution in [0.3, 0.4) is 0 Å². The Balaban J connectivity index is 2.08. The molecule has 2 aromatic rings. The predicted octanol–water partition coefficient (Wildman–Crippen LogP) is 2.40. The van der Waals surface area contributed by atoms with E-state index >= 15 is 0 Å². The van der Waals surface area contributed by atoms with Crippen molar-refractivity contribution in [2.24, 2.45) is 5.73 Å². The summed E-state index contributed by atoms with van der Waals surface area (Å²) in [5.74, 6) is 0.888. The highest BCUT2D eigenvalue weighted by molar-refractivity contribution is 5.81. The molecule has 1 aromatic heterocycles. The molecule has 4 nitrogen and oxygen atoms in total. The van der Waals surface area contributed by atoms with Crippen LogP contribution in [0.1, 0.15) is 13.3 Å². The molecule has 0 radical (unpaired) electrons. The minimum absolute atomic E-state index is 0.140. The number of aryl methyl sites for hydroxylation is 1. The molecule has 0 saturated carbocycles. The summed E-state index contributed by atoms with van der Waals surface area (Å²) in [5.41, 5.74) is 6.91. The van der Waals surface area contributed by atoms with Crippen LogP contribution in [0.5, 0.6) is 5.75 Å². The minimum Gasteiger partial charge on any atom is -0.497 e. The van der Waals surface area contributed by atoms with Gasteiger partial charge in [0.25, 0.3) is 0 Å². The van der Waals surface area contributed by atoms with Crippen molar-refractivity contribution in [2.45, 2.75) is 26.0 Å². The molecule has 4 heteroatoms. The smallest absolute Gasteiger partial charge is 0.119 e. The summed E-state index contributed by atoms with van der Waals surface area (Å²) in [6, 6.07) is 8.23. The molecule has 2 rings (SSSR count). The maximum atomic E-state index is 5.70. The highest BCUT2D eigenvalue weighted by atomic mass is 16.5. The van der Waals surface area contributed by atoms with Gasteiger partial charge in [0, 0.05) is 36.8 Å². The van der Waals surface area contributed by atoms with Gasteiger partial charge < -0.3 is 19.8 Å². The molecule has 19 heavy (non-hydrogen) atoms. The second-order valence-corrected chi connectivity index (χ2v) is 4.54. The number of rotatable bonds is 7. The van der Waals surface area contributed by atoms with Gasteiger partial charge in [0.15, 0.2) is 0 Å². The van der Waals surface area contributed by atoms with Gasteiger partial charge >= 0.3 is 0 Å². The summed E-state index contributed by atoms with van der Waals surface area (Å²) in [7, 11) is 1.69. The van der Waals surface area contributed by atoms with Crippen LogP contribution in [0.2, 0.25) is 0 Å². The van der Waals surface area contributed by atoms with Crippen LogP contribution in [0.4, 0.5) is 0 Å². The molecule has 0 bridgehead atoms. The second-order valence-electron chi connectivity index (χ2n) is 4.54. The molecule has 0 saturated heterocycles. The number of methoxy groups -OCH3 is 1. The van der Waals surface area contributed by atoms with Crippen LogP contribution in [-0.4, -0.2) is 30.9 Å². The zero-order valence-electron chi connectivity index (χ0n) is 11.6. The quantitative estimate of drug-likeness (QED) is 0.833. The molecule has 0 spiro atoms. The Bertz CT molecular complexity index is 522. The summed E-state index contributed by atoms with van der Waals surface area (Å²) < 4.78 is 13.0. The van der Waals surface area contributed by atoms with E-state index in [4.69, 9.17) is 15.2 Å². The Labute approximate surface area is 114 Å². The largest absolute Gasteiger partial charge is 0.497 e. The molecule has 0 aliphatic heterocycles. The summed E-state index contributed by atoms with van der Waals surface area (Å²) in [5, 5.41) is 1.19. The van der Waals surface area contributed by atoms with Crippen molar-refractivity contribution in [1.82, 2.24) is 4.57 Å². The van der Waals surface area contributed by atoms with Crippen LogP contribution in [0, 0.1) is 0 Å². The predicted molar refractivity (Wildman–Crippen MR) is 77.6 cm³/mol. The highest BCUT2D eigenvalue weighted by Gasteiger charge is 2.08. The average Bonchev–Trinajstić information content (AvgIpc) is 2.85. The van der Waals surface area contributed by atoms with Gasteiger partial charge in [0.1, 0.15) is 5.75 Å². The van der Waals surface area contributed by atoms with Crippen molar-refractivity contribution >= 4 is 10.9 Å². The second kappa shape index (κ2) is 6.59. The fourth-order valence-corrected chi connectivity index (χ4v) is 2.29. The summed E-state index contributed by atoms with van der Waals surface area (Å²) in [4.78, 5) is 0. The van der Waals surface area contributed by atoms with Crippen LogP contribution in [0.25, 0.3) is 10.9 Å². The number of benzene rings is 1. The van der Waals surface area contributed by atoms with E-state index in [-0.39, 0.29) is 6.10 Å². The van der Waals surface area contributed by atoms with E-state index < -0.39 is 0 Å². The Hall–Kier alpha value is -1.52. The van der Waals surface area contributed by atoms with Gasteiger partial charge in [0.05, 0.1) is 13.2 Å². The lowest BCUT2D eigenvalue weighted by atomic mass is 10.2. The number of aromatic nitrogens is 1. The Kier molecular flexibility index (Phi) is 4.82. The van der Waals surface area contributed by atoms with Crippen molar-refractivity contribution in [2.75, 3.05) is 20.3 Å². The molecule has 0 aliphatic rings. The molecule has 0 fully saturated rings. The van der Waals surface area contributed by atoms with E-state index in [2.05, 4.69) is 29.0 Å². The SMILES string of the molecule is CCOC(CN)CCn1ccc2cc(OC)ccc21. The van der Waals surface area contributed by atoms with Crippen molar-refractivity contribution in [3.05, 3.63) is 30.5 Å². The first-order valence-corrected chi connectivity index (χ1v) is 6.73. The molecule has 2 N–H and O–H groups in total. The molecule has 0 aliphatic carbocycles. The fraction of sp³-hybridized carbons (Fsp3) is 0.467. The minimum atomic E-state index is 0.140. The Morgan fingerprint density at radius 2 is 2.16 bits per heavy atom. The molecule has 1 atom stereocenters. The first-order chi connectivity index (χ1) is 9.28. The van der Waals surface area contributed by atoms with Crippen molar-refractivity contribution in [3.63, 3.8) is 0 Å². The van der Waals surface area contributed by atoms with Gasteiger partial charge in [-0.2, -0.15) is 0 Å². The fourth-order valence-electron chi connectivity index (χ4n) is 2.29. The normalized spacial score (nSPS) is 12.8. The van der Waals surface area contributed by atoms with Crippen molar-refractivity contribution in [3.8, 4) is 5.75 Å². The number of hydrogen-bond donors (Lipinski definition) is 1. The number of nitrogens with zero attached hydrogens (tertiary/aromatic N) is 1. The monoisotopic (exact) mass is 262 g/mol. The highest BCUT2D eigenvalue weighted by Crippen LogP contribution is 2.22. The van der Waals surface area contributed by atoms with Crippen molar-refractivity contribution in [1.29, 1.82) is 0 Å². The lowest BCUT2D eigenvalue weighted by Crippen LogP contribution is -2.25. The molecule has 104 valence electrons. The maximum absolute atomic E-state index is 5.70. The molecule has 1 unspecified atom stereocenters. The lowest BCUT2D eigenvalue weighted by molar-refractivity contribution is 0.0601. The van der Waals surface area contributed by atoms with Gasteiger partial charge in [-0.05, 0) is 37.6 Å². The molecular weight excluding hydrogens is 240 g/mol. The molecule has 1 aromatic carbocycles. The topological polar surface area (TPSA) is 49.4 Å². The molecule has 1 heterocycles. The van der Waals surface area contributed by atoms with Crippen LogP contribution >= 0.6 is 0 Å². The van der Waals surface area contributed by atoms with E-state index in [0.717, 1.165) is 18.7 Å². The van der Waals surface area contributed by atoms with E-state index in [1.807, 2.05) is 13.0 Å². The zero-order valence-corrected chi connectivity index (χ0v) is 11.6. The van der Waals surface area contributed by atoms with Crippen LogP contribution in [-0.2, 0) is 11.3 Å². The van der Waals surface area contributed by atoms with Gasteiger partial charge in [0.2, 0.25) is 0 Å².